The molecule has 0 saturated heterocycles. The van der Waals surface area contributed by atoms with Crippen molar-refractivity contribution >= 4 is 26.8 Å². The standard InChI is InChI=1S/C25H29F4N5O2S/c1-2-15-12-21(16-3-4-17(20(26)11-16)14-37(35,36)10-9-25(27,28)29)33-22-13-31-24(34-23(15)22)32-19-7-5-18(30)6-8-19/h3-4,11-13,18-19H,2,5-10,14,30H2,1H3,(H,31,32,34). The Morgan fingerprint density at radius 2 is 1.81 bits per heavy atom. The molecular formula is C25H29F4N5O2S. The van der Waals surface area contributed by atoms with E-state index in [0.717, 1.165) is 37.3 Å². The highest BCUT2D eigenvalue weighted by atomic mass is 32.2. The number of alkyl halides is 3. The topological polar surface area (TPSA) is 111 Å². The first-order valence-corrected chi connectivity index (χ1v) is 14.0. The third kappa shape index (κ3) is 7.13. The monoisotopic (exact) mass is 539 g/mol. The van der Waals surface area contributed by atoms with Gasteiger partial charge in [0.25, 0.3) is 0 Å². The summed E-state index contributed by atoms with van der Waals surface area (Å²) < 4.78 is 76.1. The Labute approximate surface area is 212 Å². The molecule has 1 fully saturated rings. The second kappa shape index (κ2) is 10.9. The molecule has 1 aliphatic rings. The van der Waals surface area contributed by atoms with E-state index in [1.807, 2.05) is 6.92 Å². The van der Waals surface area contributed by atoms with Crippen LogP contribution in [0.2, 0.25) is 0 Å². The van der Waals surface area contributed by atoms with Crippen LogP contribution in [0, 0.1) is 5.82 Å². The SMILES string of the molecule is CCc1cc(-c2ccc(CS(=O)(=O)CCC(F)(F)F)c(F)c2)nc2cnc(NC3CCC(N)CC3)nc12. The van der Waals surface area contributed by atoms with Crippen molar-refractivity contribution in [3.63, 3.8) is 0 Å². The molecule has 2 heterocycles. The Bertz CT molecular complexity index is 1370. The molecule has 1 aliphatic carbocycles. The van der Waals surface area contributed by atoms with Crippen molar-refractivity contribution < 1.29 is 26.0 Å². The number of fused-ring (bicyclic) bond motifs is 1. The van der Waals surface area contributed by atoms with Crippen LogP contribution < -0.4 is 11.1 Å². The molecule has 1 saturated carbocycles. The van der Waals surface area contributed by atoms with E-state index in [-0.39, 0.29) is 17.6 Å². The number of pyridine rings is 1. The molecule has 0 aliphatic heterocycles. The first kappa shape index (κ1) is 27.2. The average Bonchev–Trinajstić information content (AvgIpc) is 2.84. The number of aromatic nitrogens is 3. The van der Waals surface area contributed by atoms with E-state index in [4.69, 9.17) is 5.73 Å². The summed E-state index contributed by atoms with van der Waals surface area (Å²) in [7, 11) is -4.13. The Morgan fingerprint density at radius 1 is 1.08 bits per heavy atom. The summed E-state index contributed by atoms with van der Waals surface area (Å²) in [5, 5.41) is 3.37. The predicted octanol–water partition coefficient (Wildman–Crippen LogP) is 4.94. The lowest BCUT2D eigenvalue weighted by molar-refractivity contribution is -0.129. The fourth-order valence-electron chi connectivity index (χ4n) is 4.43. The lowest BCUT2D eigenvalue weighted by Crippen LogP contribution is -2.33. The number of benzene rings is 1. The molecular weight excluding hydrogens is 510 g/mol. The Kier molecular flexibility index (Phi) is 7.98. The van der Waals surface area contributed by atoms with E-state index in [1.165, 1.54) is 12.1 Å². The van der Waals surface area contributed by atoms with Crippen molar-refractivity contribution in [3.05, 3.63) is 47.4 Å². The Hall–Kier alpha value is -2.86. The largest absolute Gasteiger partial charge is 0.390 e. The molecule has 200 valence electrons. The van der Waals surface area contributed by atoms with Gasteiger partial charge in [0.15, 0.2) is 9.84 Å². The molecule has 3 aromatic rings. The lowest BCUT2D eigenvalue weighted by Gasteiger charge is -2.26. The highest BCUT2D eigenvalue weighted by Crippen LogP contribution is 2.28. The van der Waals surface area contributed by atoms with Gasteiger partial charge in [-0.05, 0) is 49.8 Å². The lowest BCUT2D eigenvalue weighted by atomic mass is 9.92. The second-order valence-corrected chi connectivity index (χ2v) is 11.7. The van der Waals surface area contributed by atoms with Crippen LogP contribution in [0.3, 0.4) is 0 Å². The number of nitrogens with one attached hydrogen (secondary N) is 1. The van der Waals surface area contributed by atoms with Crippen LogP contribution in [-0.2, 0) is 22.0 Å². The third-order valence-electron chi connectivity index (χ3n) is 6.53. The summed E-state index contributed by atoms with van der Waals surface area (Å²) in [5.74, 6) is -2.21. The van der Waals surface area contributed by atoms with Gasteiger partial charge in [0.1, 0.15) is 11.3 Å². The van der Waals surface area contributed by atoms with Gasteiger partial charge in [-0.2, -0.15) is 13.2 Å². The molecule has 2 aromatic heterocycles. The first-order valence-electron chi connectivity index (χ1n) is 12.2. The smallest absolute Gasteiger partial charge is 0.351 e. The zero-order valence-corrected chi connectivity index (χ0v) is 21.2. The van der Waals surface area contributed by atoms with E-state index in [9.17, 15) is 26.0 Å². The summed E-state index contributed by atoms with van der Waals surface area (Å²) >= 11 is 0. The summed E-state index contributed by atoms with van der Waals surface area (Å²) in [4.78, 5) is 13.6. The Morgan fingerprint density at radius 3 is 2.46 bits per heavy atom. The number of hydrogen-bond donors (Lipinski definition) is 2. The average molecular weight is 540 g/mol. The van der Waals surface area contributed by atoms with Crippen molar-refractivity contribution in [2.75, 3.05) is 11.1 Å². The molecule has 12 heteroatoms. The first-order chi connectivity index (χ1) is 17.4. The van der Waals surface area contributed by atoms with Gasteiger partial charge in [0, 0.05) is 23.2 Å². The van der Waals surface area contributed by atoms with Crippen LogP contribution in [-0.4, -0.2) is 47.4 Å². The zero-order valence-electron chi connectivity index (χ0n) is 20.4. The maximum Gasteiger partial charge on any atom is 0.390 e. The van der Waals surface area contributed by atoms with Crippen molar-refractivity contribution in [1.82, 2.24) is 15.0 Å². The molecule has 0 amide bonds. The second-order valence-electron chi connectivity index (χ2n) is 9.47. The summed E-state index contributed by atoms with van der Waals surface area (Å²) in [6, 6.07) is 6.22. The highest BCUT2D eigenvalue weighted by Gasteiger charge is 2.30. The summed E-state index contributed by atoms with van der Waals surface area (Å²) in [6.07, 6.45) is -0.0189. The summed E-state index contributed by atoms with van der Waals surface area (Å²) in [5.41, 5.74) is 8.76. The highest BCUT2D eigenvalue weighted by molar-refractivity contribution is 7.90. The van der Waals surface area contributed by atoms with Crippen molar-refractivity contribution in [2.45, 2.75) is 69.5 Å². The van der Waals surface area contributed by atoms with Gasteiger partial charge in [-0.25, -0.2) is 27.8 Å². The van der Waals surface area contributed by atoms with Crippen molar-refractivity contribution in [2.24, 2.45) is 5.73 Å². The van der Waals surface area contributed by atoms with Gasteiger partial charge in [-0.1, -0.05) is 19.1 Å². The van der Waals surface area contributed by atoms with Crippen LogP contribution >= 0.6 is 0 Å². The number of aryl methyl sites for hydroxylation is 1. The number of anilines is 1. The Balaban J connectivity index is 1.55. The van der Waals surface area contributed by atoms with Crippen LogP contribution in [0.5, 0.6) is 0 Å². The van der Waals surface area contributed by atoms with Gasteiger partial charge < -0.3 is 11.1 Å². The maximum absolute atomic E-state index is 14.8. The van der Waals surface area contributed by atoms with Gasteiger partial charge in [-0.15, -0.1) is 0 Å². The molecule has 0 bridgehead atoms. The molecule has 37 heavy (non-hydrogen) atoms. The van der Waals surface area contributed by atoms with Gasteiger partial charge >= 0.3 is 6.18 Å². The number of nitrogens with zero attached hydrogens (tertiary/aromatic N) is 3. The van der Waals surface area contributed by atoms with E-state index in [1.54, 1.807) is 12.3 Å². The maximum atomic E-state index is 14.8. The minimum Gasteiger partial charge on any atom is -0.351 e. The normalized spacial score (nSPS) is 18.8. The number of halogens is 4. The van der Waals surface area contributed by atoms with Crippen LogP contribution in [0.25, 0.3) is 22.3 Å². The quantitative estimate of drug-likeness (QED) is 0.390. The van der Waals surface area contributed by atoms with E-state index >= 15 is 0 Å². The molecule has 1 aromatic carbocycles. The predicted molar refractivity (Wildman–Crippen MR) is 134 cm³/mol. The van der Waals surface area contributed by atoms with Crippen LogP contribution in [0.1, 0.15) is 50.2 Å². The van der Waals surface area contributed by atoms with Gasteiger partial charge in [-0.3, -0.25) is 0 Å². The van der Waals surface area contributed by atoms with Crippen molar-refractivity contribution in [3.8, 4) is 11.3 Å². The van der Waals surface area contributed by atoms with Crippen LogP contribution in [0.4, 0.5) is 23.5 Å². The molecule has 7 nitrogen and oxygen atoms in total. The number of nitrogens with two attached hydrogens (primary N) is 1. The van der Waals surface area contributed by atoms with E-state index < -0.39 is 39.8 Å². The molecule has 0 radical (unpaired) electrons. The molecule has 0 spiro atoms. The summed E-state index contributed by atoms with van der Waals surface area (Å²) in [6.45, 7) is 1.96. The zero-order chi connectivity index (χ0) is 26.8. The minimum atomic E-state index is -4.60. The number of rotatable bonds is 8. The third-order valence-corrected chi connectivity index (χ3v) is 8.11. The van der Waals surface area contributed by atoms with Crippen molar-refractivity contribution in [1.29, 1.82) is 0 Å². The van der Waals surface area contributed by atoms with Crippen LogP contribution in [0.15, 0.2) is 30.5 Å². The molecule has 4 rings (SSSR count). The number of sulfone groups is 1. The molecule has 3 N–H and O–H groups in total. The fourth-order valence-corrected chi connectivity index (χ4v) is 5.82. The van der Waals surface area contributed by atoms with E-state index in [2.05, 4.69) is 20.3 Å². The molecule has 0 unspecified atom stereocenters. The van der Waals surface area contributed by atoms with Gasteiger partial charge in [0.05, 0.1) is 35.3 Å². The molecule has 0 atom stereocenters. The minimum absolute atomic E-state index is 0.190. The number of hydrogen-bond acceptors (Lipinski definition) is 7. The van der Waals surface area contributed by atoms with Gasteiger partial charge in [0.2, 0.25) is 5.95 Å². The van der Waals surface area contributed by atoms with E-state index in [0.29, 0.717) is 34.7 Å². The fraction of sp³-hybridized carbons (Fsp3) is 0.480.